The first-order chi connectivity index (χ1) is 11.7. The zero-order valence-electron chi connectivity index (χ0n) is 13.4. The van der Waals surface area contributed by atoms with Gasteiger partial charge in [0.05, 0.1) is 0 Å². The molecule has 0 bridgehead atoms. The molecule has 4 nitrogen and oxygen atoms in total. The lowest BCUT2D eigenvalue weighted by molar-refractivity contribution is -0.128. The molecule has 1 aromatic heterocycles. The summed E-state index contributed by atoms with van der Waals surface area (Å²) >= 11 is 1.54. The van der Waals surface area contributed by atoms with E-state index in [0.29, 0.717) is 11.3 Å². The van der Waals surface area contributed by atoms with Crippen molar-refractivity contribution in [2.45, 2.75) is 19.3 Å². The van der Waals surface area contributed by atoms with Crippen LogP contribution >= 0.6 is 11.3 Å². The van der Waals surface area contributed by atoms with Crippen molar-refractivity contribution in [3.8, 4) is 0 Å². The Morgan fingerprint density at radius 2 is 1.75 bits per heavy atom. The number of nitrogens with one attached hydrogen (secondary N) is 1. The molecule has 0 aliphatic carbocycles. The first kappa shape index (κ1) is 16.5. The average molecular weight is 340 g/mol. The van der Waals surface area contributed by atoms with Crippen LogP contribution in [0.4, 0.5) is 0 Å². The van der Waals surface area contributed by atoms with Crippen molar-refractivity contribution in [1.82, 2.24) is 10.2 Å². The summed E-state index contributed by atoms with van der Waals surface area (Å²) in [4.78, 5) is 28.1. The number of hydrogen-bond donors (Lipinski definition) is 1. The maximum atomic E-state index is 12.8. The number of carbonyl (C=O) groups excluding carboxylic acids is 2. The first-order valence-corrected chi connectivity index (χ1v) is 9.03. The van der Waals surface area contributed by atoms with Crippen LogP contribution in [0.15, 0.2) is 53.5 Å². The molecule has 1 fully saturated rings. The quantitative estimate of drug-likeness (QED) is 0.866. The fraction of sp³-hybridized carbons (Fsp3) is 0.263. The third-order valence-corrected chi connectivity index (χ3v) is 4.81. The molecule has 1 aliphatic rings. The monoisotopic (exact) mass is 340 g/mol. The van der Waals surface area contributed by atoms with Crippen LogP contribution < -0.4 is 5.32 Å². The van der Waals surface area contributed by atoms with Gasteiger partial charge in [0, 0.05) is 23.5 Å². The number of rotatable bonds is 4. The molecule has 0 spiro atoms. The van der Waals surface area contributed by atoms with Crippen molar-refractivity contribution < 1.29 is 9.59 Å². The van der Waals surface area contributed by atoms with Gasteiger partial charge in [-0.3, -0.25) is 9.59 Å². The highest BCUT2D eigenvalue weighted by Gasteiger charge is 2.22. The van der Waals surface area contributed by atoms with Gasteiger partial charge in [0.25, 0.3) is 11.8 Å². The highest BCUT2D eigenvalue weighted by Crippen LogP contribution is 2.17. The van der Waals surface area contributed by atoms with Gasteiger partial charge >= 0.3 is 0 Å². The molecule has 0 radical (unpaired) electrons. The molecule has 24 heavy (non-hydrogen) atoms. The van der Waals surface area contributed by atoms with Crippen molar-refractivity contribution in [3.05, 3.63) is 64.0 Å². The Hall–Kier alpha value is -2.40. The number of thiophene rings is 1. The second-order valence-electron chi connectivity index (χ2n) is 5.75. The predicted molar refractivity (Wildman–Crippen MR) is 96.6 cm³/mol. The van der Waals surface area contributed by atoms with Crippen molar-refractivity contribution in [3.63, 3.8) is 0 Å². The largest absolute Gasteiger partial charge is 0.337 e. The Balaban J connectivity index is 1.82. The Kier molecular flexibility index (Phi) is 5.43. The van der Waals surface area contributed by atoms with Crippen LogP contribution in [0.3, 0.4) is 0 Å². The minimum atomic E-state index is -0.260. The molecule has 2 aromatic rings. The fourth-order valence-electron chi connectivity index (χ4n) is 2.72. The summed E-state index contributed by atoms with van der Waals surface area (Å²) in [6.45, 7) is 1.50. The van der Waals surface area contributed by atoms with E-state index in [1.54, 1.807) is 18.2 Å². The molecule has 1 aromatic carbocycles. The average Bonchev–Trinajstić information content (AvgIpc) is 3.15. The molecule has 5 heteroatoms. The van der Waals surface area contributed by atoms with Gasteiger partial charge in [-0.25, -0.2) is 0 Å². The second-order valence-corrected chi connectivity index (χ2v) is 6.73. The minimum absolute atomic E-state index is 0.104. The molecule has 2 heterocycles. The molecule has 3 rings (SSSR count). The molecule has 0 atom stereocenters. The number of carbonyl (C=O) groups is 2. The summed E-state index contributed by atoms with van der Waals surface area (Å²) in [7, 11) is 0. The smallest absolute Gasteiger partial charge is 0.270 e. The van der Waals surface area contributed by atoms with E-state index in [1.807, 2.05) is 40.6 Å². The standard InChI is InChI=1S/C19H20N2O2S/c22-18(15-8-3-1-4-9-15)20-17(14-16-10-7-13-24-16)19(23)21-11-5-2-6-12-21/h1,3-4,7-10,13-14H,2,5-6,11-12H2,(H,20,22)/b17-14+. The summed E-state index contributed by atoms with van der Waals surface area (Å²) in [5.74, 6) is -0.365. The van der Waals surface area contributed by atoms with Gasteiger partial charge in [0.1, 0.15) is 5.70 Å². The Morgan fingerprint density at radius 3 is 2.42 bits per heavy atom. The lowest BCUT2D eigenvalue weighted by Crippen LogP contribution is -2.41. The van der Waals surface area contributed by atoms with E-state index < -0.39 is 0 Å². The van der Waals surface area contributed by atoms with Crippen LogP contribution in [0, 0.1) is 0 Å². The third-order valence-electron chi connectivity index (χ3n) is 3.99. The van der Waals surface area contributed by atoms with Gasteiger partial charge in [-0.05, 0) is 48.9 Å². The molecule has 1 aliphatic heterocycles. The van der Waals surface area contributed by atoms with Crippen molar-refractivity contribution in [2.75, 3.05) is 13.1 Å². The van der Waals surface area contributed by atoms with Crippen LogP contribution in [0.1, 0.15) is 34.5 Å². The van der Waals surface area contributed by atoms with Crippen LogP contribution in [0.2, 0.25) is 0 Å². The van der Waals surface area contributed by atoms with E-state index in [4.69, 9.17) is 0 Å². The lowest BCUT2D eigenvalue weighted by Gasteiger charge is -2.27. The fourth-order valence-corrected chi connectivity index (χ4v) is 3.38. The van der Waals surface area contributed by atoms with Crippen LogP contribution in [-0.4, -0.2) is 29.8 Å². The van der Waals surface area contributed by atoms with E-state index in [9.17, 15) is 9.59 Å². The summed E-state index contributed by atoms with van der Waals surface area (Å²) in [6, 6.07) is 12.8. The zero-order valence-corrected chi connectivity index (χ0v) is 14.2. The molecule has 1 N–H and O–H groups in total. The molecule has 1 saturated heterocycles. The normalized spacial score (nSPS) is 15.2. The third kappa shape index (κ3) is 4.11. The molecule has 0 unspecified atom stereocenters. The van der Waals surface area contributed by atoms with Gasteiger partial charge < -0.3 is 10.2 Å². The Morgan fingerprint density at radius 1 is 1.00 bits per heavy atom. The Bertz CT molecular complexity index is 717. The molecular weight excluding hydrogens is 320 g/mol. The van der Waals surface area contributed by atoms with Gasteiger partial charge in [0.2, 0.25) is 0 Å². The summed E-state index contributed by atoms with van der Waals surface area (Å²) in [6.07, 6.45) is 4.96. The first-order valence-electron chi connectivity index (χ1n) is 8.15. The highest BCUT2D eigenvalue weighted by atomic mass is 32.1. The summed E-state index contributed by atoms with van der Waals surface area (Å²) in [5.41, 5.74) is 0.884. The second kappa shape index (κ2) is 7.93. The molecule has 124 valence electrons. The number of hydrogen-bond acceptors (Lipinski definition) is 3. The number of benzene rings is 1. The van der Waals surface area contributed by atoms with Crippen LogP contribution in [-0.2, 0) is 4.79 Å². The number of nitrogens with zero attached hydrogens (tertiary/aromatic N) is 1. The van der Waals surface area contributed by atoms with E-state index in [-0.39, 0.29) is 11.8 Å². The summed E-state index contributed by atoms with van der Waals surface area (Å²) < 4.78 is 0. The maximum absolute atomic E-state index is 12.8. The van der Waals surface area contributed by atoms with Gasteiger partial charge in [0.15, 0.2) is 0 Å². The minimum Gasteiger partial charge on any atom is -0.337 e. The molecule has 0 saturated carbocycles. The predicted octanol–water partition coefficient (Wildman–Crippen LogP) is 3.53. The van der Waals surface area contributed by atoms with E-state index >= 15 is 0 Å². The Labute approximate surface area is 145 Å². The van der Waals surface area contributed by atoms with Crippen LogP contribution in [0.5, 0.6) is 0 Å². The number of amides is 2. The highest BCUT2D eigenvalue weighted by molar-refractivity contribution is 7.10. The summed E-state index contributed by atoms with van der Waals surface area (Å²) in [5, 5.41) is 4.76. The zero-order chi connectivity index (χ0) is 16.8. The van der Waals surface area contributed by atoms with Gasteiger partial charge in [-0.2, -0.15) is 0 Å². The maximum Gasteiger partial charge on any atom is 0.270 e. The van der Waals surface area contributed by atoms with Crippen molar-refractivity contribution in [1.29, 1.82) is 0 Å². The lowest BCUT2D eigenvalue weighted by atomic mass is 10.1. The van der Waals surface area contributed by atoms with Gasteiger partial charge in [-0.15, -0.1) is 11.3 Å². The van der Waals surface area contributed by atoms with E-state index in [1.165, 1.54) is 11.3 Å². The van der Waals surface area contributed by atoms with Crippen molar-refractivity contribution >= 4 is 29.2 Å². The van der Waals surface area contributed by atoms with E-state index in [2.05, 4.69) is 5.32 Å². The van der Waals surface area contributed by atoms with E-state index in [0.717, 1.165) is 37.2 Å². The van der Waals surface area contributed by atoms with Crippen LogP contribution in [0.25, 0.3) is 6.08 Å². The molecule has 2 amide bonds. The topological polar surface area (TPSA) is 49.4 Å². The SMILES string of the molecule is O=C(N/C(=C/c1cccs1)C(=O)N1CCCCC1)c1ccccc1. The number of likely N-dealkylation sites (tertiary alicyclic amines) is 1. The number of piperidine rings is 1. The van der Waals surface area contributed by atoms with Gasteiger partial charge in [-0.1, -0.05) is 24.3 Å². The van der Waals surface area contributed by atoms with Crippen molar-refractivity contribution in [2.24, 2.45) is 0 Å². The molecular formula is C19H20N2O2S.